The summed E-state index contributed by atoms with van der Waals surface area (Å²) in [5.74, 6) is 1.10. The monoisotopic (exact) mass is 277 g/mol. The molecule has 112 valence electrons. The number of hydrogen-bond donors (Lipinski definition) is 1. The average Bonchev–Trinajstić information content (AvgIpc) is 2.79. The van der Waals surface area contributed by atoms with E-state index in [2.05, 4.69) is 49.3 Å². The van der Waals surface area contributed by atoms with Crippen LogP contribution in [-0.2, 0) is 20.0 Å². The van der Waals surface area contributed by atoms with Crippen LogP contribution in [0, 0.1) is 11.3 Å². The molecule has 0 fully saturated rings. The zero-order valence-corrected chi connectivity index (χ0v) is 13.6. The molecule has 0 bridgehead atoms. The molecule has 1 unspecified atom stereocenters. The number of imidazole rings is 1. The van der Waals surface area contributed by atoms with Crippen LogP contribution in [0.1, 0.15) is 46.7 Å². The van der Waals surface area contributed by atoms with Gasteiger partial charge in [0.25, 0.3) is 0 Å². The number of nitrogens with two attached hydrogens (primary N) is 1. The van der Waals surface area contributed by atoms with Gasteiger partial charge in [-0.25, -0.2) is 4.98 Å². The standard InChI is InChI=1S/C15H27N5/c1-7-8-11-12-13(19(6)18-11)20(14(16)17-12)9-10(2)15(3,4)5/h10H,7-9H2,1-6H3,(H2,16,17). The molecule has 2 N–H and O–H groups in total. The highest BCUT2D eigenvalue weighted by Gasteiger charge is 2.24. The fourth-order valence-corrected chi connectivity index (χ4v) is 2.39. The first kappa shape index (κ1) is 14.9. The lowest BCUT2D eigenvalue weighted by Crippen LogP contribution is -2.23. The van der Waals surface area contributed by atoms with E-state index in [1.54, 1.807) is 0 Å². The topological polar surface area (TPSA) is 61.7 Å². The summed E-state index contributed by atoms with van der Waals surface area (Å²) in [5.41, 5.74) is 9.44. The van der Waals surface area contributed by atoms with Gasteiger partial charge in [-0.1, -0.05) is 41.0 Å². The van der Waals surface area contributed by atoms with E-state index in [0.29, 0.717) is 11.9 Å². The van der Waals surface area contributed by atoms with Crippen molar-refractivity contribution in [2.75, 3.05) is 5.73 Å². The third kappa shape index (κ3) is 2.53. The Hall–Kier alpha value is -1.52. The highest BCUT2D eigenvalue weighted by atomic mass is 15.3. The highest BCUT2D eigenvalue weighted by molar-refractivity contribution is 5.77. The van der Waals surface area contributed by atoms with Gasteiger partial charge in [0.2, 0.25) is 5.95 Å². The highest BCUT2D eigenvalue weighted by Crippen LogP contribution is 2.30. The van der Waals surface area contributed by atoms with Gasteiger partial charge in [-0.05, 0) is 17.8 Å². The minimum Gasteiger partial charge on any atom is -0.369 e. The lowest BCUT2D eigenvalue weighted by atomic mass is 9.82. The fourth-order valence-electron chi connectivity index (χ4n) is 2.39. The molecule has 0 spiro atoms. The molecule has 2 aromatic rings. The molecule has 20 heavy (non-hydrogen) atoms. The van der Waals surface area contributed by atoms with Gasteiger partial charge in [0, 0.05) is 13.6 Å². The Labute approximate surface area is 121 Å². The third-order valence-electron chi connectivity index (χ3n) is 4.24. The molecule has 0 aliphatic heterocycles. The number of nitrogens with zero attached hydrogens (tertiary/aromatic N) is 4. The maximum atomic E-state index is 6.13. The molecule has 0 aliphatic carbocycles. The minimum atomic E-state index is 0.244. The lowest BCUT2D eigenvalue weighted by molar-refractivity contribution is 0.235. The maximum absolute atomic E-state index is 6.13. The smallest absolute Gasteiger partial charge is 0.202 e. The predicted molar refractivity (Wildman–Crippen MR) is 83.5 cm³/mol. The molecule has 0 aromatic carbocycles. The second-order valence-electron chi connectivity index (χ2n) is 6.84. The molecule has 0 amide bonds. The normalized spacial score (nSPS) is 14.1. The number of aromatic nitrogens is 4. The van der Waals surface area contributed by atoms with Gasteiger partial charge in [0.1, 0.15) is 5.52 Å². The van der Waals surface area contributed by atoms with Gasteiger partial charge in [0.15, 0.2) is 5.65 Å². The Bertz CT molecular complexity index is 600. The predicted octanol–water partition coefficient (Wildman–Crippen LogP) is 2.99. The lowest BCUT2D eigenvalue weighted by Gasteiger charge is -2.27. The fraction of sp³-hybridized carbons (Fsp3) is 0.733. The second-order valence-corrected chi connectivity index (χ2v) is 6.84. The molecule has 2 heterocycles. The van der Waals surface area contributed by atoms with Crippen molar-refractivity contribution in [3.63, 3.8) is 0 Å². The number of anilines is 1. The van der Waals surface area contributed by atoms with E-state index in [4.69, 9.17) is 5.73 Å². The molecule has 2 aromatic heterocycles. The Morgan fingerprint density at radius 3 is 2.50 bits per heavy atom. The summed E-state index contributed by atoms with van der Waals surface area (Å²) in [6.07, 6.45) is 2.01. The van der Waals surface area contributed by atoms with Crippen molar-refractivity contribution in [3.05, 3.63) is 5.69 Å². The Kier molecular flexibility index (Phi) is 3.80. The quantitative estimate of drug-likeness (QED) is 0.934. The van der Waals surface area contributed by atoms with Crippen molar-refractivity contribution in [2.24, 2.45) is 18.4 Å². The van der Waals surface area contributed by atoms with Crippen LogP contribution >= 0.6 is 0 Å². The van der Waals surface area contributed by atoms with E-state index in [1.807, 2.05) is 11.7 Å². The molecule has 0 saturated heterocycles. The van der Waals surface area contributed by atoms with Gasteiger partial charge in [-0.2, -0.15) is 5.10 Å². The van der Waals surface area contributed by atoms with E-state index >= 15 is 0 Å². The van der Waals surface area contributed by atoms with Crippen LogP contribution in [0.25, 0.3) is 11.2 Å². The zero-order chi connectivity index (χ0) is 15.1. The maximum Gasteiger partial charge on any atom is 0.202 e. The molecule has 2 rings (SSSR count). The summed E-state index contributed by atoms with van der Waals surface area (Å²) in [7, 11) is 1.97. The summed E-state index contributed by atoms with van der Waals surface area (Å²) in [6.45, 7) is 12.1. The number of nitrogen functional groups attached to an aromatic ring is 1. The molecule has 5 heteroatoms. The van der Waals surface area contributed by atoms with E-state index in [1.165, 1.54) is 0 Å². The van der Waals surface area contributed by atoms with Crippen molar-refractivity contribution < 1.29 is 0 Å². The first-order chi connectivity index (χ1) is 9.25. The molecule has 5 nitrogen and oxygen atoms in total. The van der Waals surface area contributed by atoms with Gasteiger partial charge in [-0.3, -0.25) is 9.25 Å². The first-order valence-electron chi connectivity index (χ1n) is 7.43. The van der Waals surface area contributed by atoms with Gasteiger partial charge in [-0.15, -0.1) is 0 Å². The van der Waals surface area contributed by atoms with E-state index in [0.717, 1.165) is 36.2 Å². The Morgan fingerprint density at radius 1 is 1.30 bits per heavy atom. The summed E-state index contributed by atoms with van der Waals surface area (Å²) in [4.78, 5) is 4.55. The van der Waals surface area contributed by atoms with Crippen LogP contribution in [0.2, 0.25) is 0 Å². The van der Waals surface area contributed by atoms with Crippen molar-refractivity contribution in [2.45, 2.75) is 54.0 Å². The van der Waals surface area contributed by atoms with Crippen molar-refractivity contribution in [3.8, 4) is 0 Å². The summed E-state index contributed by atoms with van der Waals surface area (Å²) < 4.78 is 4.02. The number of rotatable bonds is 4. The van der Waals surface area contributed by atoms with Crippen molar-refractivity contribution >= 4 is 17.1 Å². The molecule has 1 atom stereocenters. The zero-order valence-electron chi connectivity index (χ0n) is 13.6. The first-order valence-corrected chi connectivity index (χ1v) is 7.43. The van der Waals surface area contributed by atoms with Crippen molar-refractivity contribution in [1.82, 2.24) is 19.3 Å². The van der Waals surface area contributed by atoms with Crippen LogP contribution in [0.3, 0.4) is 0 Å². The summed E-state index contributed by atoms with van der Waals surface area (Å²) in [6, 6.07) is 0. The molecule has 0 aliphatic rings. The van der Waals surface area contributed by atoms with Crippen LogP contribution in [0.15, 0.2) is 0 Å². The van der Waals surface area contributed by atoms with Crippen LogP contribution in [0.4, 0.5) is 5.95 Å². The minimum absolute atomic E-state index is 0.244. The van der Waals surface area contributed by atoms with Crippen LogP contribution in [0.5, 0.6) is 0 Å². The largest absolute Gasteiger partial charge is 0.369 e. The van der Waals surface area contributed by atoms with E-state index in [-0.39, 0.29) is 5.41 Å². The molecule has 0 radical (unpaired) electrons. The van der Waals surface area contributed by atoms with Gasteiger partial charge < -0.3 is 5.73 Å². The summed E-state index contributed by atoms with van der Waals surface area (Å²) >= 11 is 0. The van der Waals surface area contributed by atoms with Crippen LogP contribution < -0.4 is 5.73 Å². The average molecular weight is 277 g/mol. The molecular weight excluding hydrogens is 250 g/mol. The number of fused-ring (bicyclic) bond motifs is 1. The third-order valence-corrected chi connectivity index (χ3v) is 4.24. The van der Waals surface area contributed by atoms with Crippen LogP contribution in [-0.4, -0.2) is 19.3 Å². The van der Waals surface area contributed by atoms with E-state index in [9.17, 15) is 0 Å². The Balaban J connectivity index is 2.46. The van der Waals surface area contributed by atoms with E-state index < -0.39 is 0 Å². The molecule has 0 saturated carbocycles. The molecular formula is C15H27N5. The van der Waals surface area contributed by atoms with Crippen molar-refractivity contribution in [1.29, 1.82) is 0 Å². The number of hydrogen-bond acceptors (Lipinski definition) is 3. The summed E-state index contributed by atoms with van der Waals surface area (Å²) in [5, 5.41) is 4.59. The second kappa shape index (κ2) is 5.11. The SMILES string of the molecule is CCCc1nn(C)c2c1nc(N)n2CC(C)C(C)(C)C. The van der Waals surface area contributed by atoms with Gasteiger partial charge in [0.05, 0.1) is 5.69 Å². The Morgan fingerprint density at radius 2 is 1.95 bits per heavy atom. The number of aryl methyl sites for hydroxylation is 2. The van der Waals surface area contributed by atoms with Gasteiger partial charge >= 0.3 is 0 Å².